The van der Waals surface area contributed by atoms with E-state index in [9.17, 15) is 0 Å². The van der Waals surface area contributed by atoms with E-state index in [0.717, 1.165) is 6.54 Å². The Balaban J connectivity index is 2.04. The fourth-order valence-electron chi connectivity index (χ4n) is 3.01. The molecule has 1 aromatic carbocycles. The van der Waals surface area contributed by atoms with Gasteiger partial charge in [-0.2, -0.15) is 0 Å². The fourth-order valence-corrected chi connectivity index (χ4v) is 3.01. The van der Waals surface area contributed by atoms with Gasteiger partial charge in [0.05, 0.1) is 0 Å². The third kappa shape index (κ3) is 3.80. The van der Waals surface area contributed by atoms with Crippen molar-refractivity contribution in [2.45, 2.75) is 46.2 Å². The summed E-state index contributed by atoms with van der Waals surface area (Å²) < 4.78 is 0. The molecule has 1 N–H and O–H groups in total. The van der Waals surface area contributed by atoms with Gasteiger partial charge in [0.15, 0.2) is 0 Å². The largest absolute Gasteiger partial charge is 0.316 e. The number of hydrogen-bond donors (Lipinski definition) is 1. The van der Waals surface area contributed by atoms with Gasteiger partial charge in [-0.3, -0.25) is 4.90 Å². The van der Waals surface area contributed by atoms with Gasteiger partial charge in [-0.1, -0.05) is 37.3 Å². The quantitative estimate of drug-likeness (QED) is 0.844. The first-order valence-corrected chi connectivity index (χ1v) is 7.64. The Kier molecular flexibility index (Phi) is 5.00. The predicted octanol–water partition coefficient (Wildman–Crippen LogP) is 3.29. The van der Waals surface area contributed by atoms with Gasteiger partial charge in [-0.25, -0.2) is 0 Å². The zero-order valence-electron chi connectivity index (χ0n) is 12.7. The average molecular weight is 260 g/mol. The molecule has 2 heteroatoms. The molecule has 2 nitrogen and oxygen atoms in total. The lowest BCUT2D eigenvalue weighted by Crippen LogP contribution is -2.42. The minimum atomic E-state index is 0.485. The lowest BCUT2D eigenvalue weighted by molar-refractivity contribution is 0.122. The van der Waals surface area contributed by atoms with Gasteiger partial charge in [0.2, 0.25) is 0 Å². The van der Waals surface area contributed by atoms with Crippen LogP contribution in [0.3, 0.4) is 0 Å². The van der Waals surface area contributed by atoms with Crippen molar-refractivity contribution in [3.63, 3.8) is 0 Å². The molecule has 19 heavy (non-hydrogen) atoms. The molecular formula is C17H28N2. The van der Waals surface area contributed by atoms with Gasteiger partial charge in [0, 0.05) is 25.7 Å². The Morgan fingerprint density at radius 2 is 2.00 bits per heavy atom. The monoisotopic (exact) mass is 260 g/mol. The Bertz CT molecular complexity index is 366. The Hall–Kier alpha value is -0.860. The van der Waals surface area contributed by atoms with Crippen LogP contribution in [0.2, 0.25) is 0 Å². The van der Waals surface area contributed by atoms with Crippen molar-refractivity contribution < 1.29 is 0 Å². The van der Waals surface area contributed by atoms with E-state index >= 15 is 0 Å². The molecule has 1 aliphatic rings. The standard InChI is InChI=1S/C17H28N2/c1-4-17(10-11-18-13-17)14-19(15(2)3)12-16-8-6-5-7-9-16/h5-9,15,18H,4,10-14H2,1-3H3. The maximum Gasteiger partial charge on any atom is 0.0236 e. The number of hydrogen-bond acceptors (Lipinski definition) is 2. The van der Waals surface area contributed by atoms with Crippen LogP contribution in [-0.4, -0.2) is 30.6 Å². The van der Waals surface area contributed by atoms with Crippen LogP contribution < -0.4 is 5.32 Å². The molecule has 0 aliphatic carbocycles. The molecule has 1 aliphatic heterocycles. The van der Waals surface area contributed by atoms with E-state index in [0.29, 0.717) is 11.5 Å². The maximum atomic E-state index is 3.55. The summed E-state index contributed by atoms with van der Waals surface area (Å²) in [6.45, 7) is 11.6. The third-order valence-corrected chi connectivity index (χ3v) is 4.58. The van der Waals surface area contributed by atoms with Gasteiger partial charge in [0.1, 0.15) is 0 Å². The molecule has 1 saturated heterocycles. The van der Waals surface area contributed by atoms with E-state index in [-0.39, 0.29) is 0 Å². The molecular weight excluding hydrogens is 232 g/mol. The van der Waals surface area contributed by atoms with Crippen LogP contribution in [0.4, 0.5) is 0 Å². The van der Waals surface area contributed by atoms with E-state index in [1.165, 1.54) is 38.0 Å². The van der Waals surface area contributed by atoms with Crippen molar-refractivity contribution in [2.75, 3.05) is 19.6 Å². The maximum absolute atomic E-state index is 3.55. The minimum absolute atomic E-state index is 0.485. The van der Waals surface area contributed by atoms with Crippen LogP contribution in [-0.2, 0) is 6.54 Å². The number of nitrogens with zero attached hydrogens (tertiary/aromatic N) is 1. The molecule has 0 radical (unpaired) electrons. The van der Waals surface area contributed by atoms with Gasteiger partial charge < -0.3 is 5.32 Å². The second-order valence-corrected chi connectivity index (χ2v) is 6.26. The van der Waals surface area contributed by atoms with Crippen molar-refractivity contribution in [3.8, 4) is 0 Å². The number of rotatable bonds is 6. The summed E-state index contributed by atoms with van der Waals surface area (Å²) in [5.41, 5.74) is 1.91. The Morgan fingerprint density at radius 3 is 2.53 bits per heavy atom. The molecule has 1 heterocycles. The summed E-state index contributed by atoms with van der Waals surface area (Å²) in [5, 5.41) is 3.55. The van der Waals surface area contributed by atoms with Crippen LogP contribution in [0.25, 0.3) is 0 Å². The SMILES string of the molecule is CCC1(CN(Cc2ccccc2)C(C)C)CCNC1. The van der Waals surface area contributed by atoms with Gasteiger partial charge in [-0.15, -0.1) is 0 Å². The average Bonchev–Trinajstić information content (AvgIpc) is 2.88. The van der Waals surface area contributed by atoms with Crippen LogP contribution in [0.1, 0.15) is 39.2 Å². The normalized spacial score (nSPS) is 23.4. The summed E-state index contributed by atoms with van der Waals surface area (Å²) in [6.07, 6.45) is 2.60. The van der Waals surface area contributed by atoms with E-state index < -0.39 is 0 Å². The van der Waals surface area contributed by atoms with Crippen molar-refractivity contribution in [3.05, 3.63) is 35.9 Å². The minimum Gasteiger partial charge on any atom is -0.316 e. The Labute approximate surface area is 118 Å². The molecule has 0 saturated carbocycles. The molecule has 1 atom stereocenters. The lowest BCUT2D eigenvalue weighted by atomic mass is 9.83. The summed E-state index contributed by atoms with van der Waals surface area (Å²) >= 11 is 0. The predicted molar refractivity (Wildman–Crippen MR) is 82.2 cm³/mol. The number of benzene rings is 1. The molecule has 0 spiro atoms. The number of nitrogens with one attached hydrogen (secondary N) is 1. The lowest BCUT2D eigenvalue weighted by Gasteiger charge is -2.36. The van der Waals surface area contributed by atoms with Gasteiger partial charge in [0.25, 0.3) is 0 Å². The van der Waals surface area contributed by atoms with E-state index in [2.05, 4.69) is 61.3 Å². The van der Waals surface area contributed by atoms with Gasteiger partial charge in [-0.05, 0) is 44.2 Å². The molecule has 0 aromatic heterocycles. The summed E-state index contributed by atoms with van der Waals surface area (Å²) in [7, 11) is 0. The van der Waals surface area contributed by atoms with Crippen molar-refractivity contribution in [2.24, 2.45) is 5.41 Å². The molecule has 0 bridgehead atoms. The first-order valence-electron chi connectivity index (χ1n) is 7.64. The molecule has 106 valence electrons. The highest BCUT2D eigenvalue weighted by Crippen LogP contribution is 2.31. The molecule has 0 amide bonds. The second kappa shape index (κ2) is 6.53. The van der Waals surface area contributed by atoms with Gasteiger partial charge >= 0.3 is 0 Å². The summed E-state index contributed by atoms with van der Waals surface area (Å²) in [5.74, 6) is 0. The highest BCUT2D eigenvalue weighted by Gasteiger charge is 2.34. The topological polar surface area (TPSA) is 15.3 Å². The van der Waals surface area contributed by atoms with Crippen LogP contribution in [0.5, 0.6) is 0 Å². The molecule has 1 unspecified atom stereocenters. The third-order valence-electron chi connectivity index (χ3n) is 4.58. The smallest absolute Gasteiger partial charge is 0.0236 e. The van der Waals surface area contributed by atoms with Crippen molar-refractivity contribution >= 4 is 0 Å². The Morgan fingerprint density at radius 1 is 1.26 bits per heavy atom. The molecule has 1 aromatic rings. The molecule has 2 rings (SSSR count). The van der Waals surface area contributed by atoms with Crippen LogP contribution in [0, 0.1) is 5.41 Å². The van der Waals surface area contributed by atoms with E-state index in [1.807, 2.05) is 0 Å². The van der Waals surface area contributed by atoms with Crippen molar-refractivity contribution in [1.82, 2.24) is 10.2 Å². The highest BCUT2D eigenvalue weighted by atomic mass is 15.2. The van der Waals surface area contributed by atoms with Crippen LogP contribution >= 0.6 is 0 Å². The zero-order chi connectivity index (χ0) is 13.7. The first-order chi connectivity index (χ1) is 9.15. The van der Waals surface area contributed by atoms with Crippen LogP contribution in [0.15, 0.2) is 30.3 Å². The molecule has 1 fully saturated rings. The highest BCUT2D eigenvalue weighted by molar-refractivity contribution is 5.14. The summed E-state index contributed by atoms with van der Waals surface area (Å²) in [6, 6.07) is 11.4. The van der Waals surface area contributed by atoms with Crippen molar-refractivity contribution in [1.29, 1.82) is 0 Å². The van der Waals surface area contributed by atoms with E-state index in [4.69, 9.17) is 0 Å². The summed E-state index contributed by atoms with van der Waals surface area (Å²) in [4.78, 5) is 2.63. The second-order valence-electron chi connectivity index (χ2n) is 6.26. The first kappa shape index (κ1) is 14.5. The zero-order valence-corrected chi connectivity index (χ0v) is 12.7. The van der Waals surface area contributed by atoms with E-state index in [1.54, 1.807) is 0 Å². The fraction of sp³-hybridized carbons (Fsp3) is 0.647.